The Kier molecular flexibility index (Phi) is 8.04. The fourth-order valence-corrected chi connectivity index (χ4v) is 4.05. The second kappa shape index (κ2) is 11.6. The second-order valence-electron chi connectivity index (χ2n) is 7.95. The molecule has 33 heavy (non-hydrogen) atoms. The first-order valence-corrected chi connectivity index (χ1v) is 11.3. The summed E-state index contributed by atoms with van der Waals surface area (Å²) < 4.78 is 18.5. The first kappa shape index (κ1) is 22.9. The third-order valence-corrected chi connectivity index (χ3v) is 5.78. The Morgan fingerprint density at radius 2 is 1.00 bits per heavy atom. The molecular formula is C30H30O3. The Morgan fingerprint density at radius 1 is 0.576 bits per heavy atom. The molecule has 4 aromatic rings. The summed E-state index contributed by atoms with van der Waals surface area (Å²) in [6.45, 7) is 1.37. The lowest BCUT2D eigenvalue weighted by molar-refractivity contribution is -0.0806. The van der Waals surface area contributed by atoms with E-state index in [2.05, 4.69) is 84.9 Å². The smallest absolute Gasteiger partial charge is 0.143 e. The van der Waals surface area contributed by atoms with Crippen molar-refractivity contribution in [2.75, 3.05) is 20.3 Å². The van der Waals surface area contributed by atoms with Crippen LogP contribution in [0.5, 0.6) is 0 Å². The molecule has 0 aromatic heterocycles. The molecule has 0 saturated heterocycles. The van der Waals surface area contributed by atoms with Gasteiger partial charge in [-0.25, -0.2) is 0 Å². The standard InChI is InChI=1S/C30H30O3/c1-31-29(23-32-22-25-14-6-2-7-15-25)24-33-30(26-16-8-3-9-17-26,27-18-10-4-11-19-27)28-20-12-5-13-21-28/h2-21,29H,22-24H2,1H3. The van der Waals surface area contributed by atoms with E-state index < -0.39 is 5.60 Å². The van der Waals surface area contributed by atoms with Crippen molar-refractivity contribution < 1.29 is 14.2 Å². The molecule has 4 aromatic carbocycles. The van der Waals surface area contributed by atoms with Crippen LogP contribution in [-0.4, -0.2) is 26.4 Å². The molecule has 0 amide bonds. The molecule has 3 nitrogen and oxygen atoms in total. The molecule has 1 atom stereocenters. The minimum Gasteiger partial charge on any atom is -0.377 e. The van der Waals surface area contributed by atoms with E-state index in [1.807, 2.05) is 36.4 Å². The minimum atomic E-state index is -0.764. The van der Waals surface area contributed by atoms with E-state index in [4.69, 9.17) is 14.2 Å². The topological polar surface area (TPSA) is 27.7 Å². The van der Waals surface area contributed by atoms with Crippen LogP contribution in [0.3, 0.4) is 0 Å². The Labute approximate surface area is 196 Å². The molecule has 0 fully saturated rings. The molecule has 1 unspecified atom stereocenters. The highest BCUT2D eigenvalue weighted by molar-refractivity contribution is 5.47. The molecule has 0 saturated carbocycles. The average Bonchev–Trinajstić information content (AvgIpc) is 2.90. The lowest BCUT2D eigenvalue weighted by atomic mass is 9.80. The van der Waals surface area contributed by atoms with Gasteiger partial charge in [-0.05, 0) is 22.3 Å². The van der Waals surface area contributed by atoms with Crippen LogP contribution in [0.25, 0.3) is 0 Å². The highest BCUT2D eigenvalue weighted by atomic mass is 16.6. The van der Waals surface area contributed by atoms with Gasteiger partial charge >= 0.3 is 0 Å². The predicted molar refractivity (Wildman–Crippen MR) is 132 cm³/mol. The summed E-state index contributed by atoms with van der Waals surface area (Å²) in [6.07, 6.45) is -0.204. The SMILES string of the molecule is COC(COCc1ccccc1)COC(c1ccccc1)(c1ccccc1)c1ccccc1. The van der Waals surface area contributed by atoms with Crippen molar-refractivity contribution in [3.63, 3.8) is 0 Å². The molecule has 0 radical (unpaired) electrons. The molecular weight excluding hydrogens is 408 g/mol. The van der Waals surface area contributed by atoms with E-state index in [9.17, 15) is 0 Å². The van der Waals surface area contributed by atoms with Crippen LogP contribution in [0.2, 0.25) is 0 Å². The summed E-state index contributed by atoms with van der Waals surface area (Å²) in [5.74, 6) is 0. The van der Waals surface area contributed by atoms with Gasteiger partial charge in [0.2, 0.25) is 0 Å². The maximum Gasteiger partial charge on any atom is 0.143 e. The molecule has 0 aliphatic carbocycles. The van der Waals surface area contributed by atoms with Gasteiger partial charge in [0.1, 0.15) is 11.7 Å². The van der Waals surface area contributed by atoms with Gasteiger partial charge in [-0.1, -0.05) is 121 Å². The van der Waals surface area contributed by atoms with Crippen LogP contribution in [-0.2, 0) is 26.4 Å². The van der Waals surface area contributed by atoms with Crippen molar-refractivity contribution in [2.45, 2.75) is 18.3 Å². The van der Waals surface area contributed by atoms with Crippen LogP contribution in [0.1, 0.15) is 22.3 Å². The largest absolute Gasteiger partial charge is 0.377 e. The van der Waals surface area contributed by atoms with Crippen LogP contribution in [0.4, 0.5) is 0 Å². The van der Waals surface area contributed by atoms with Crippen molar-refractivity contribution in [3.05, 3.63) is 144 Å². The molecule has 168 valence electrons. The Balaban J connectivity index is 1.61. The highest BCUT2D eigenvalue weighted by Crippen LogP contribution is 2.40. The van der Waals surface area contributed by atoms with Crippen LogP contribution >= 0.6 is 0 Å². The van der Waals surface area contributed by atoms with Gasteiger partial charge in [-0.3, -0.25) is 0 Å². The van der Waals surface area contributed by atoms with Crippen molar-refractivity contribution in [1.29, 1.82) is 0 Å². The third kappa shape index (κ3) is 5.58. The van der Waals surface area contributed by atoms with Crippen molar-refractivity contribution in [3.8, 4) is 0 Å². The minimum absolute atomic E-state index is 0.204. The fourth-order valence-electron chi connectivity index (χ4n) is 4.05. The van der Waals surface area contributed by atoms with Crippen LogP contribution < -0.4 is 0 Å². The molecule has 0 bridgehead atoms. The Bertz CT molecular complexity index is 970. The zero-order valence-corrected chi connectivity index (χ0v) is 19.0. The normalized spacial score (nSPS) is 12.4. The van der Waals surface area contributed by atoms with E-state index in [1.54, 1.807) is 7.11 Å². The summed E-state index contributed by atoms with van der Waals surface area (Å²) in [6, 6.07) is 41.3. The summed E-state index contributed by atoms with van der Waals surface area (Å²) in [7, 11) is 1.70. The van der Waals surface area contributed by atoms with Crippen LogP contribution in [0.15, 0.2) is 121 Å². The number of benzene rings is 4. The molecule has 0 heterocycles. The van der Waals surface area contributed by atoms with E-state index >= 15 is 0 Å². The highest BCUT2D eigenvalue weighted by Gasteiger charge is 2.38. The van der Waals surface area contributed by atoms with Gasteiger partial charge in [0.25, 0.3) is 0 Å². The zero-order valence-electron chi connectivity index (χ0n) is 19.0. The molecule has 3 heteroatoms. The second-order valence-corrected chi connectivity index (χ2v) is 7.95. The maximum absolute atomic E-state index is 6.84. The molecule has 0 aliphatic rings. The summed E-state index contributed by atoms with van der Waals surface area (Å²) in [4.78, 5) is 0. The summed E-state index contributed by atoms with van der Waals surface area (Å²) in [5, 5.41) is 0. The van der Waals surface area contributed by atoms with E-state index in [0.717, 1.165) is 22.3 Å². The fraction of sp³-hybridized carbons (Fsp3) is 0.200. The third-order valence-electron chi connectivity index (χ3n) is 5.78. The average molecular weight is 439 g/mol. The monoisotopic (exact) mass is 438 g/mol. The number of hydrogen-bond donors (Lipinski definition) is 0. The van der Waals surface area contributed by atoms with Gasteiger partial charge in [-0.15, -0.1) is 0 Å². The molecule has 0 aliphatic heterocycles. The van der Waals surface area contributed by atoms with Gasteiger partial charge in [0.05, 0.1) is 19.8 Å². The van der Waals surface area contributed by atoms with Crippen molar-refractivity contribution in [1.82, 2.24) is 0 Å². The van der Waals surface area contributed by atoms with Gasteiger partial charge in [0.15, 0.2) is 0 Å². The van der Waals surface area contributed by atoms with Crippen molar-refractivity contribution in [2.24, 2.45) is 0 Å². The molecule has 0 spiro atoms. The summed E-state index contributed by atoms with van der Waals surface area (Å²) >= 11 is 0. The summed E-state index contributed by atoms with van der Waals surface area (Å²) in [5.41, 5.74) is 3.59. The van der Waals surface area contributed by atoms with E-state index in [0.29, 0.717) is 19.8 Å². The predicted octanol–water partition coefficient (Wildman–Crippen LogP) is 6.23. The number of hydrogen-bond acceptors (Lipinski definition) is 3. The zero-order chi connectivity index (χ0) is 22.8. The molecule has 0 N–H and O–H groups in total. The maximum atomic E-state index is 6.84. The number of rotatable bonds is 11. The van der Waals surface area contributed by atoms with E-state index in [-0.39, 0.29) is 6.10 Å². The van der Waals surface area contributed by atoms with Gasteiger partial charge in [-0.2, -0.15) is 0 Å². The number of ether oxygens (including phenoxy) is 3. The quantitative estimate of drug-likeness (QED) is 0.260. The van der Waals surface area contributed by atoms with E-state index in [1.165, 1.54) is 0 Å². The van der Waals surface area contributed by atoms with Gasteiger partial charge < -0.3 is 14.2 Å². The van der Waals surface area contributed by atoms with Crippen LogP contribution in [0, 0.1) is 0 Å². The lowest BCUT2D eigenvalue weighted by Gasteiger charge is -2.37. The first-order valence-electron chi connectivity index (χ1n) is 11.3. The Hall–Kier alpha value is -3.24. The lowest BCUT2D eigenvalue weighted by Crippen LogP contribution is -2.37. The first-order chi connectivity index (χ1) is 16.3. The molecule has 4 rings (SSSR count). The number of methoxy groups -OCH3 is 1. The van der Waals surface area contributed by atoms with Crippen molar-refractivity contribution >= 4 is 0 Å². The Morgan fingerprint density at radius 3 is 1.42 bits per heavy atom. The van der Waals surface area contributed by atoms with Gasteiger partial charge in [0, 0.05) is 7.11 Å².